The molecule has 2 N–H and O–H groups in total. The number of benzene rings is 2. The zero-order valence-corrected chi connectivity index (χ0v) is 14.3. The molecule has 1 heterocycles. The van der Waals surface area contributed by atoms with Gasteiger partial charge in [0.15, 0.2) is 11.5 Å². The minimum atomic E-state index is -4.32. The van der Waals surface area contributed by atoms with Crippen LogP contribution in [0.4, 0.5) is 13.2 Å². The summed E-state index contributed by atoms with van der Waals surface area (Å²) in [4.78, 5) is 0. The highest BCUT2D eigenvalue weighted by Crippen LogP contribution is 2.32. The standard InChI is InChI=1S/C19H21F3N2O2/c1-23-18(19(20,21)22)14-8-6-13(7-9-14)10-24-11-15-12-25-16-4-2-3-5-17(16)26-15/h2-9,15,18,23-24H,10-12H2,1H3/t15?,18-/m0/s1. The fraction of sp³-hybridized carbons (Fsp3) is 0.368. The van der Waals surface area contributed by atoms with Gasteiger partial charge in [0, 0.05) is 13.1 Å². The van der Waals surface area contributed by atoms with Crippen molar-refractivity contribution in [3.8, 4) is 11.5 Å². The van der Waals surface area contributed by atoms with Crippen LogP contribution < -0.4 is 20.1 Å². The van der Waals surface area contributed by atoms with Crippen molar-refractivity contribution >= 4 is 0 Å². The van der Waals surface area contributed by atoms with Crippen molar-refractivity contribution < 1.29 is 22.6 Å². The summed E-state index contributed by atoms with van der Waals surface area (Å²) in [5, 5.41) is 5.55. The van der Waals surface area contributed by atoms with Crippen molar-refractivity contribution in [2.45, 2.75) is 24.9 Å². The lowest BCUT2D eigenvalue weighted by atomic mass is 10.0. The Bertz CT molecular complexity index is 719. The van der Waals surface area contributed by atoms with Crippen molar-refractivity contribution in [3.05, 3.63) is 59.7 Å². The van der Waals surface area contributed by atoms with E-state index in [9.17, 15) is 13.2 Å². The van der Waals surface area contributed by atoms with E-state index in [1.54, 1.807) is 12.1 Å². The Kier molecular flexibility index (Phi) is 5.68. The Labute approximate surface area is 150 Å². The average molecular weight is 366 g/mol. The normalized spacial score (nSPS) is 17.8. The van der Waals surface area contributed by atoms with Gasteiger partial charge < -0.3 is 20.1 Å². The summed E-state index contributed by atoms with van der Waals surface area (Å²) < 4.78 is 50.3. The average Bonchev–Trinajstić information content (AvgIpc) is 2.62. The maximum absolute atomic E-state index is 12.9. The Morgan fingerprint density at radius 1 is 1.08 bits per heavy atom. The van der Waals surface area contributed by atoms with Crippen molar-refractivity contribution in [1.82, 2.24) is 10.6 Å². The molecule has 7 heteroatoms. The molecule has 0 saturated heterocycles. The van der Waals surface area contributed by atoms with Gasteiger partial charge >= 0.3 is 6.18 Å². The highest BCUT2D eigenvalue weighted by Gasteiger charge is 2.39. The fourth-order valence-electron chi connectivity index (χ4n) is 2.89. The largest absolute Gasteiger partial charge is 0.486 e. The smallest absolute Gasteiger partial charge is 0.407 e. The molecule has 0 spiro atoms. The maximum Gasteiger partial charge on any atom is 0.407 e. The molecular weight excluding hydrogens is 345 g/mol. The predicted octanol–water partition coefficient (Wildman–Crippen LogP) is 3.44. The van der Waals surface area contributed by atoms with Gasteiger partial charge in [-0.15, -0.1) is 0 Å². The molecule has 0 saturated carbocycles. The zero-order valence-electron chi connectivity index (χ0n) is 14.3. The van der Waals surface area contributed by atoms with E-state index in [1.807, 2.05) is 24.3 Å². The molecule has 2 aromatic rings. The molecule has 0 aliphatic carbocycles. The molecule has 0 amide bonds. The number of hydrogen-bond donors (Lipinski definition) is 2. The van der Waals surface area contributed by atoms with Gasteiger partial charge in [0.25, 0.3) is 0 Å². The van der Waals surface area contributed by atoms with Gasteiger partial charge in [0.1, 0.15) is 18.8 Å². The van der Waals surface area contributed by atoms with E-state index in [0.29, 0.717) is 19.7 Å². The molecule has 3 rings (SSSR count). The van der Waals surface area contributed by atoms with E-state index in [2.05, 4.69) is 10.6 Å². The van der Waals surface area contributed by atoms with Crippen molar-refractivity contribution in [2.75, 3.05) is 20.2 Å². The van der Waals surface area contributed by atoms with Gasteiger partial charge in [-0.05, 0) is 30.3 Å². The molecule has 2 aromatic carbocycles. The summed E-state index contributed by atoms with van der Waals surface area (Å²) >= 11 is 0. The first kappa shape index (κ1) is 18.5. The fourth-order valence-corrected chi connectivity index (χ4v) is 2.89. The second-order valence-corrected chi connectivity index (χ2v) is 6.13. The zero-order chi connectivity index (χ0) is 18.6. The molecule has 26 heavy (non-hydrogen) atoms. The van der Waals surface area contributed by atoms with Gasteiger partial charge in [-0.25, -0.2) is 0 Å². The van der Waals surface area contributed by atoms with Gasteiger partial charge in [-0.2, -0.15) is 13.2 Å². The summed E-state index contributed by atoms with van der Waals surface area (Å²) in [6.07, 6.45) is -4.42. The third kappa shape index (κ3) is 4.47. The second kappa shape index (κ2) is 7.97. The minimum absolute atomic E-state index is 0.108. The van der Waals surface area contributed by atoms with Crippen LogP contribution >= 0.6 is 0 Å². The Balaban J connectivity index is 1.50. The first-order valence-electron chi connectivity index (χ1n) is 8.39. The first-order valence-corrected chi connectivity index (χ1v) is 8.39. The summed E-state index contributed by atoms with van der Waals surface area (Å²) in [5.41, 5.74) is 1.10. The van der Waals surface area contributed by atoms with Crippen LogP contribution in [-0.2, 0) is 6.54 Å². The first-order chi connectivity index (χ1) is 12.5. The van der Waals surface area contributed by atoms with E-state index in [-0.39, 0.29) is 11.7 Å². The van der Waals surface area contributed by atoms with Crippen molar-refractivity contribution in [3.63, 3.8) is 0 Å². The number of halogens is 3. The molecule has 1 unspecified atom stereocenters. The summed E-state index contributed by atoms with van der Waals surface area (Å²) in [6.45, 7) is 1.58. The van der Waals surface area contributed by atoms with Gasteiger partial charge in [-0.1, -0.05) is 36.4 Å². The van der Waals surface area contributed by atoms with Crippen LogP contribution in [0.2, 0.25) is 0 Å². The molecule has 2 atom stereocenters. The van der Waals surface area contributed by atoms with Crippen LogP contribution in [0.5, 0.6) is 11.5 Å². The minimum Gasteiger partial charge on any atom is -0.486 e. The number of nitrogens with one attached hydrogen (secondary N) is 2. The lowest BCUT2D eigenvalue weighted by molar-refractivity contribution is -0.156. The molecule has 0 aromatic heterocycles. The number of alkyl halides is 3. The highest BCUT2D eigenvalue weighted by molar-refractivity contribution is 5.40. The van der Waals surface area contributed by atoms with Crippen LogP contribution in [0.1, 0.15) is 17.2 Å². The molecule has 140 valence electrons. The number of ether oxygens (including phenoxy) is 2. The maximum atomic E-state index is 12.9. The molecule has 4 nitrogen and oxygen atoms in total. The highest BCUT2D eigenvalue weighted by atomic mass is 19.4. The van der Waals surface area contributed by atoms with E-state index < -0.39 is 12.2 Å². The van der Waals surface area contributed by atoms with Crippen LogP contribution in [0, 0.1) is 0 Å². The second-order valence-electron chi connectivity index (χ2n) is 6.13. The Morgan fingerprint density at radius 2 is 1.77 bits per heavy atom. The number of rotatable bonds is 6. The van der Waals surface area contributed by atoms with E-state index >= 15 is 0 Å². The van der Waals surface area contributed by atoms with Gasteiger partial charge in [0.05, 0.1) is 0 Å². The summed E-state index contributed by atoms with van der Waals surface area (Å²) in [5.74, 6) is 1.46. The number of fused-ring (bicyclic) bond motifs is 1. The Morgan fingerprint density at radius 3 is 2.42 bits per heavy atom. The molecule has 1 aliphatic rings. The summed E-state index contributed by atoms with van der Waals surface area (Å²) in [6, 6.07) is 12.2. The Hall–Kier alpha value is -2.25. The van der Waals surface area contributed by atoms with Crippen LogP contribution in [0.25, 0.3) is 0 Å². The monoisotopic (exact) mass is 366 g/mol. The molecule has 1 aliphatic heterocycles. The SMILES string of the molecule is CN[C@@H](c1ccc(CNCC2COc3ccccc3O2)cc1)C(F)(F)F. The summed E-state index contributed by atoms with van der Waals surface area (Å²) in [7, 11) is 1.30. The molecular formula is C19H21F3N2O2. The van der Waals surface area contributed by atoms with Crippen molar-refractivity contribution in [1.29, 1.82) is 0 Å². The predicted molar refractivity (Wildman–Crippen MR) is 92.4 cm³/mol. The van der Waals surface area contributed by atoms with Crippen molar-refractivity contribution in [2.24, 2.45) is 0 Å². The number of para-hydroxylation sites is 2. The molecule has 0 fully saturated rings. The molecule has 0 radical (unpaired) electrons. The molecule has 0 bridgehead atoms. The quantitative estimate of drug-likeness (QED) is 0.822. The van der Waals surface area contributed by atoms with Gasteiger partial charge in [0.2, 0.25) is 0 Å². The van der Waals surface area contributed by atoms with Crippen LogP contribution in [0.3, 0.4) is 0 Å². The van der Waals surface area contributed by atoms with E-state index in [0.717, 1.165) is 17.1 Å². The third-order valence-corrected chi connectivity index (χ3v) is 4.20. The van der Waals surface area contributed by atoms with Gasteiger partial charge in [-0.3, -0.25) is 0 Å². The topological polar surface area (TPSA) is 42.5 Å². The van der Waals surface area contributed by atoms with E-state index in [1.165, 1.54) is 19.2 Å². The third-order valence-electron chi connectivity index (χ3n) is 4.20. The van der Waals surface area contributed by atoms with Crippen LogP contribution in [-0.4, -0.2) is 32.5 Å². The lowest BCUT2D eigenvalue weighted by Gasteiger charge is -2.26. The van der Waals surface area contributed by atoms with E-state index in [4.69, 9.17) is 9.47 Å². The van der Waals surface area contributed by atoms with Crippen LogP contribution in [0.15, 0.2) is 48.5 Å². The lowest BCUT2D eigenvalue weighted by Crippen LogP contribution is -2.38. The number of hydrogen-bond acceptors (Lipinski definition) is 4.